The number of aromatic nitrogens is 3. The van der Waals surface area contributed by atoms with Crippen LogP contribution in [0.2, 0.25) is 0 Å². The maximum atomic E-state index is 13.5. The number of hydrogen-bond acceptors (Lipinski definition) is 4. The van der Waals surface area contributed by atoms with Crippen molar-refractivity contribution < 1.29 is 9.53 Å². The van der Waals surface area contributed by atoms with Gasteiger partial charge in [-0.2, -0.15) is 0 Å². The molecular weight excluding hydrogens is 388 g/mol. The Bertz CT molecular complexity index is 1060. The van der Waals surface area contributed by atoms with Crippen LogP contribution in [0.15, 0.2) is 55.0 Å². The lowest BCUT2D eigenvalue weighted by Crippen LogP contribution is -2.44. The molecule has 1 aliphatic carbocycles. The number of methoxy groups -OCH3 is 1. The number of hydrogen-bond donors (Lipinski definition) is 0. The van der Waals surface area contributed by atoms with Crippen molar-refractivity contribution in [1.82, 2.24) is 19.4 Å². The Morgan fingerprint density at radius 3 is 2.45 bits per heavy atom. The first-order valence-corrected chi connectivity index (χ1v) is 11.0. The maximum Gasteiger partial charge on any atom is 0.233 e. The molecule has 0 N–H and O–H groups in total. The summed E-state index contributed by atoms with van der Waals surface area (Å²) in [5.41, 5.74) is 2.97. The topological polar surface area (TPSA) is 60.2 Å². The number of aryl methyl sites for hydroxylation is 1. The summed E-state index contributed by atoms with van der Waals surface area (Å²) in [6.45, 7) is 3.67. The number of rotatable bonds is 5. The molecule has 1 aliphatic heterocycles. The third-order valence-electron chi connectivity index (χ3n) is 6.82. The Balaban J connectivity index is 1.30. The van der Waals surface area contributed by atoms with Crippen LogP contribution in [-0.4, -0.2) is 45.5 Å². The van der Waals surface area contributed by atoms with Crippen molar-refractivity contribution in [2.75, 3.05) is 20.2 Å². The number of likely N-dealkylation sites (tertiary alicyclic amines) is 1. The molecular formula is C25H28N4O2. The number of carbonyl (C=O) groups excluding carboxylic acids is 1. The van der Waals surface area contributed by atoms with Gasteiger partial charge in [0.2, 0.25) is 5.91 Å². The van der Waals surface area contributed by atoms with Crippen LogP contribution in [0.5, 0.6) is 5.75 Å². The van der Waals surface area contributed by atoms with Gasteiger partial charge in [-0.3, -0.25) is 9.78 Å². The molecule has 1 saturated heterocycles. The normalized spacial score (nSPS) is 18.1. The molecule has 0 radical (unpaired) electrons. The van der Waals surface area contributed by atoms with Gasteiger partial charge in [-0.25, -0.2) is 4.98 Å². The molecule has 31 heavy (non-hydrogen) atoms. The lowest BCUT2D eigenvalue weighted by atomic mass is 9.92. The van der Waals surface area contributed by atoms with Gasteiger partial charge in [-0.05, 0) is 62.4 Å². The highest BCUT2D eigenvalue weighted by Gasteiger charge is 2.53. The zero-order valence-electron chi connectivity index (χ0n) is 18.1. The second kappa shape index (κ2) is 7.84. The second-order valence-corrected chi connectivity index (χ2v) is 8.67. The number of imidazole rings is 1. The zero-order valence-corrected chi connectivity index (χ0v) is 18.1. The van der Waals surface area contributed by atoms with Gasteiger partial charge in [0.25, 0.3) is 0 Å². The van der Waals surface area contributed by atoms with Crippen molar-refractivity contribution in [2.24, 2.45) is 0 Å². The quantitative estimate of drug-likeness (QED) is 0.627. The fraction of sp³-hybridized carbons (Fsp3) is 0.400. The number of carbonyl (C=O) groups is 1. The summed E-state index contributed by atoms with van der Waals surface area (Å²) >= 11 is 0. The van der Waals surface area contributed by atoms with Crippen LogP contribution < -0.4 is 4.74 Å². The molecule has 2 aromatic heterocycles. The van der Waals surface area contributed by atoms with Crippen LogP contribution in [0.3, 0.4) is 0 Å². The van der Waals surface area contributed by atoms with E-state index >= 15 is 0 Å². The van der Waals surface area contributed by atoms with E-state index in [-0.39, 0.29) is 11.3 Å². The summed E-state index contributed by atoms with van der Waals surface area (Å²) in [7, 11) is 1.67. The van der Waals surface area contributed by atoms with Crippen molar-refractivity contribution in [3.8, 4) is 17.1 Å². The van der Waals surface area contributed by atoms with E-state index in [1.807, 2.05) is 42.7 Å². The minimum Gasteiger partial charge on any atom is -0.497 e. The van der Waals surface area contributed by atoms with Gasteiger partial charge < -0.3 is 14.2 Å². The molecule has 3 heterocycles. The molecule has 160 valence electrons. The number of amides is 1. The van der Waals surface area contributed by atoms with E-state index in [2.05, 4.69) is 32.4 Å². The summed E-state index contributed by atoms with van der Waals surface area (Å²) < 4.78 is 7.60. The Hall–Kier alpha value is -3.15. The summed E-state index contributed by atoms with van der Waals surface area (Å²) in [5.74, 6) is 2.08. The minimum absolute atomic E-state index is 0.283. The molecule has 6 heteroatoms. The summed E-state index contributed by atoms with van der Waals surface area (Å²) in [6, 6.07) is 12.3. The summed E-state index contributed by atoms with van der Waals surface area (Å²) in [4.78, 5) is 24.4. The van der Waals surface area contributed by atoms with Gasteiger partial charge in [0.05, 0.1) is 12.5 Å². The van der Waals surface area contributed by atoms with Crippen LogP contribution in [0.25, 0.3) is 11.4 Å². The molecule has 0 unspecified atom stereocenters. The van der Waals surface area contributed by atoms with Gasteiger partial charge in [0.1, 0.15) is 11.6 Å². The summed E-state index contributed by atoms with van der Waals surface area (Å²) in [5, 5.41) is 0. The molecule has 0 spiro atoms. The molecule has 2 aliphatic rings. The number of ether oxygens (including phenoxy) is 1. The van der Waals surface area contributed by atoms with E-state index in [9.17, 15) is 4.79 Å². The van der Waals surface area contributed by atoms with Gasteiger partial charge in [0.15, 0.2) is 0 Å². The van der Waals surface area contributed by atoms with E-state index in [1.54, 1.807) is 13.3 Å². The lowest BCUT2D eigenvalue weighted by Gasteiger charge is -2.36. The third kappa shape index (κ3) is 3.50. The van der Waals surface area contributed by atoms with E-state index in [1.165, 1.54) is 0 Å². The fourth-order valence-electron chi connectivity index (χ4n) is 4.91. The standard InChI is InChI=1S/C25H28N4O2/c1-18-16-27-23(19-4-3-13-26-17-19)29(18)21-9-14-28(15-10-21)24(30)25(11-12-25)20-5-7-22(31-2)8-6-20/h3-8,13,16-17,21H,9-12,14-15H2,1-2H3. The molecule has 0 bridgehead atoms. The largest absolute Gasteiger partial charge is 0.497 e. The Kier molecular flexibility index (Phi) is 5.00. The van der Waals surface area contributed by atoms with Crippen LogP contribution in [0.4, 0.5) is 0 Å². The number of pyridine rings is 1. The van der Waals surface area contributed by atoms with E-state index in [0.717, 1.165) is 67.2 Å². The number of piperidine rings is 1. The predicted molar refractivity (Wildman–Crippen MR) is 119 cm³/mol. The fourth-order valence-corrected chi connectivity index (χ4v) is 4.91. The van der Waals surface area contributed by atoms with Gasteiger partial charge >= 0.3 is 0 Å². The van der Waals surface area contributed by atoms with Crippen molar-refractivity contribution >= 4 is 5.91 Å². The van der Waals surface area contributed by atoms with Gasteiger partial charge in [-0.15, -0.1) is 0 Å². The molecule has 3 aromatic rings. The van der Waals surface area contributed by atoms with E-state index in [4.69, 9.17) is 4.74 Å². The molecule has 5 rings (SSSR count). The van der Waals surface area contributed by atoms with E-state index < -0.39 is 0 Å². The average Bonchev–Trinajstić information content (AvgIpc) is 3.55. The van der Waals surface area contributed by atoms with Crippen LogP contribution in [0.1, 0.15) is 43.0 Å². The summed E-state index contributed by atoms with van der Waals surface area (Å²) in [6.07, 6.45) is 9.33. The van der Waals surface area contributed by atoms with Crippen molar-refractivity contribution in [2.45, 2.75) is 44.1 Å². The Labute approximate surface area is 182 Å². The molecule has 1 amide bonds. The zero-order chi connectivity index (χ0) is 21.4. The predicted octanol–water partition coefficient (Wildman–Crippen LogP) is 4.16. The highest BCUT2D eigenvalue weighted by Crippen LogP contribution is 2.50. The van der Waals surface area contributed by atoms with Crippen molar-refractivity contribution in [3.63, 3.8) is 0 Å². The van der Waals surface area contributed by atoms with Crippen LogP contribution in [0, 0.1) is 6.92 Å². The first-order valence-electron chi connectivity index (χ1n) is 11.0. The van der Waals surface area contributed by atoms with Gasteiger partial charge in [-0.1, -0.05) is 12.1 Å². The first-order chi connectivity index (χ1) is 15.1. The van der Waals surface area contributed by atoms with Crippen molar-refractivity contribution in [3.05, 3.63) is 66.2 Å². The molecule has 1 aromatic carbocycles. The lowest BCUT2D eigenvalue weighted by molar-refractivity contribution is -0.135. The monoisotopic (exact) mass is 416 g/mol. The minimum atomic E-state index is -0.328. The highest BCUT2D eigenvalue weighted by molar-refractivity contribution is 5.91. The van der Waals surface area contributed by atoms with Gasteiger partial charge in [0, 0.05) is 49.0 Å². The first kappa shape index (κ1) is 19.8. The molecule has 1 saturated carbocycles. The Morgan fingerprint density at radius 2 is 1.84 bits per heavy atom. The maximum absolute atomic E-state index is 13.5. The highest BCUT2D eigenvalue weighted by atomic mass is 16.5. The van der Waals surface area contributed by atoms with Crippen LogP contribution in [-0.2, 0) is 10.2 Å². The number of nitrogens with zero attached hydrogens (tertiary/aromatic N) is 4. The smallest absolute Gasteiger partial charge is 0.233 e. The third-order valence-corrected chi connectivity index (χ3v) is 6.82. The SMILES string of the molecule is COc1ccc(C2(C(=O)N3CCC(n4c(C)cnc4-c4cccnc4)CC3)CC2)cc1. The Morgan fingerprint density at radius 1 is 1.10 bits per heavy atom. The number of benzene rings is 1. The van der Waals surface area contributed by atoms with Crippen LogP contribution >= 0.6 is 0 Å². The van der Waals surface area contributed by atoms with E-state index in [0.29, 0.717) is 6.04 Å². The molecule has 2 fully saturated rings. The second-order valence-electron chi connectivity index (χ2n) is 8.67. The molecule has 6 nitrogen and oxygen atoms in total. The van der Waals surface area contributed by atoms with Crippen molar-refractivity contribution in [1.29, 1.82) is 0 Å². The molecule has 0 atom stereocenters. The average molecular weight is 417 g/mol.